The molecule has 0 N–H and O–H groups in total. The first-order valence-corrected chi connectivity index (χ1v) is 8.47. The fourth-order valence-corrected chi connectivity index (χ4v) is 3.81. The van der Waals surface area contributed by atoms with Crippen molar-refractivity contribution in [3.8, 4) is 0 Å². The normalized spacial score (nSPS) is 17.1. The fraction of sp³-hybridized carbons (Fsp3) is 0.500. The summed E-state index contributed by atoms with van der Waals surface area (Å²) in [5.74, 6) is 0.151. The van der Waals surface area contributed by atoms with Gasteiger partial charge in [0.1, 0.15) is 0 Å². The second-order valence-corrected chi connectivity index (χ2v) is 6.96. The van der Waals surface area contributed by atoms with Gasteiger partial charge in [-0.3, -0.25) is 4.79 Å². The smallest absolute Gasteiger partial charge is 0.253 e. The molecule has 0 atom stereocenters. The highest BCUT2D eigenvalue weighted by molar-refractivity contribution is 7.89. The van der Waals surface area contributed by atoms with Gasteiger partial charge in [-0.1, -0.05) is 25.1 Å². The molecule has 0 spiro atoms. The Hall–Kier alpha value is -1.40. The van der Waals surface area contributed by atoms with Gasteiger partial charge in [-0.05, 0) is 18.6 Å². The number of rotatable bonds is 4. The van der Waals surface area contributed by atoms with E-state index in [0.717, 1.165) is 0 Å². The van der Waals surface area contributed by atoms with Crippen molar-refractivity contribution in [1.82, 2.24) is 9.21 Å². The first kappa shape index (κ1) is 15.0. The third kappa shape index (κ3) is 3.37. The molecule has 2 rings (SSSR count). The molecule has 0 bridgehead atoms. The van der Waals surface area contributed by atoms with E-state index < -0.39 is 10.0 Å². The van der Waals surface area contributed by atoms with E-state index in [9.17, 15) is 13.2 Å². The molecule has 1 heterocycles. The van der Waals surface area contributed by atoms with Crippen LogP contribution in [0.15, 0.2) is 30.3 Å². The van der Waals surface area contributed by atoms with Gasteiger partial charge in [0, 0.05) is 31.7 Å². The molecule has 5 nitrogen and oxygen atoms in total. The molecule has 1 aromatic rings. The number of hydrogen-bond donors (Lipinski definition) is 0. The summed E-state index contributed by atoms with van der Waals surface area (Å²) in [4.78, 5) is 14.0. The van der Waals surface area contributed by atoms with Crippen molar-refractivity contribution in [2.24, 2.45) is 0 Å². The minimum Gasteiger partial charge on any atom is -0.336 e. The van der Waals surface area contributed by atoms with Crippen LogP contribution < -0.4 is 0 Å². The molecule has 0 unspecified atom stereocenters. The summed E-state index contributed by atoms with van der Waals surface area (Å²) < 4.78 is 25.4. The highest BCUT2D eigenvalue weighted by Gasteiger charge is 2.28. The maximum absolute atomic E-state index is 12.2. The third-order valence-corrected chi connectivity index (χ3v) is 5.48. The van der Waals surface area contributed by atoms with Gasteiger partial charge in [0.05, 0.1) is 5.75 Å². The molecule has 0 aromatic heterocycles. The van der Waals surface area contributed by atoms with Crippen LogP contribution in [0.5, 0.6) is 0 Å². The van der Waals surface area contributed by atoms with E-state index in [1.165, 1.54) is 4.31 Å². The van der Waals surface area contributed by atoms with E-state index in [-0.39, 0.29) is 11.7 Å². The van der Waals surface area contributed by atoms with Crippen LogP contribution in [0.25, 0.3) is 0 Å². The van der Waals surface area contributed by atoms with Crippen molar-refractivity contribution in [1.29, 1.82) is 0 Å². The standard InChI is InChI=1S/C14H20N2O3S/c1-2-12-20(18,19)16-10-8-15(9-11-16)14(17)13-6-4-3-5-7-13/h3-7H,2,8-12H2,1H3. The molecule has 0 saturated carbocycles. The van der Waals surface area contributed by atoms with Crippen molar-refractivity contribution >= 4 is 15.9 Å². The maximum Gasteiger partial charge on any atom is 0.253 e. The Morgan fingerprint density at radius 3 is 2.25 bits per heavy atom. The van der Waals surface area contributed by atoms with Crippen molar-refractivity contribution in [2.45, 2.75) is 13.3 Å². The van der Waals surface area contributed by atoms with Crippen molar-refractivity contribution in [3.05, 3.63) is 35.9 Å². The molecular weight excluding hydrogens is 276 g/mol. The minimum atomic E-state index is -3.15. The number of benzene rings is 1. The number of amides is 1. The van der Waals surface area contributed by atoms with Crippen molar-refractivity contribution in [2.75, 3.05) is 31.9 Å². The molecule has 0 aliphatic carbocycles. The van der Waals surface area contributed by atoms with E-state index >= 15 is 0 Å². The van der Waals surface area contributed by atoms with Crippen LogP contribution >= 0.6 is 0 Å². The van der Waals surface area contributed by atoms with Gasteiger partial charge in [-0.25, -0.2) is 8.42 Å². The lowest BCUT2D eigenvalue weighted by molar-refractivity contribution is 0.0698. The summed E-state index contributed by atoms with van der Waals surface area (Å²) in [6, 6.07) is 9.08. The zero-order chi connectivity index (χ0) is 14.6. The lowest BCUT2D eigenvalue weighted by Crippen LogP contribution is -2.51. The van der Waals surface area contributed by atoms with E-state index in [1.54, 1.807) is 17.0 Å². The first-order chi connectivity index (χ1) is 9.54. The molecule has 0 radical (unpaired) electrons. The van der Waals surface area contributed by atoms with Gasteiger partial charge in [-0.2, -0.15) is 4.31 Å². The van der Waals surface area contributed by atoms with Gasteiger partial charge in [0.15, 0.2) is 0 Å². The van der Waals surface area contributed by atoms with Crippen LogP contribution in [0.2, 0.25) is 0 Å². The van der Waals surface area contributed by atoms with Gasteiger partial charge in [0.25, 0.3) is 5.91 Å². The van der Waals surface area contributed by atoms with Crippen LogP contribution in [0.1, 0.15) is 23.7 Å². The Labute approximate surface area is 120 Å². The second kappa shape index (κ2) is 6.37. The molecule has 1 aliphatic heterocycles. The molecule has 20 heavy (non-hydrogen) atoms. The van der Waals surface area contributed by atoms with Crippen LogP contribution in [-0.2, 0) is 10.0 Å². The Kier molecular flexibility index (Phi) is 4.77. The van der Waals surface area contributed by atoms with E-state index in [0.29, 0.717) is 38.2 Å². The number of sulfonamides is 1. The summed E-state index contributed by atoms with van der Waals surface area (Å²) in [7, 11) is -3.15. The van der Waals surface area contributed by atoms with Gasteiger partial charge in [0.2, 0.25) is 10.0 Å². The summed E-state index contributed by atoms with van der Waals surface area (Å²) >= 11 is 0. The van der Waals surface area contributed by atoms with Crippen LogP contribution in [-0.4, -0.2) is 55.5 Å². The predicted octanol–water partition coefficient (Wildman–Crippen LogP) is 1.18. The molecule has 1 aromatic carbocycles. The number of hydrogen-bond acceptors (Lipinski definition) is 3. The lowest BCUT2D eigenvalue weighted by Gasteiger charge is -2.34. The quantitative estimate of drug-likeness (QED) is 0.838. The number of nitrogens with zero attached hydrogens (tertiary/aromatic N) is 2. The zero-order valence-corrected chi connectivity index (χ0v) is 12.5. The molecule has 1 aliphatic rings. The summed E-state index contributed by atoms with van der Waals surface area (Å²) in [6.45, 7) is 3.54. The molecule has 6 heteroatoms. The lowest BCUT2D eigenvalue weighted by atomic mass is 10.2. The molecule has 1 saturated heterocycles. The molecule has 1 amide bonds. The highest BCUT2D eigenvalue weighted by Crippen LogP contribution is 2.12. The first-order valence-electron chi connectivity index (χ1n) is 6.87. The zero-order valence-electron chi connectivity index (χ0n) is 11.7. The second-order valence-electron chi connectivity index (χ2n) is 4.87. The Morgan fingerprint density at radius 2 is 1.70 bits per heavy atom. The van der Waals surface area contributed by atoms with Crippen LogP contribution in [0.3, 0.4) is 0 Å². The molecule has 1 fully saturated rings. The number of piperazine rings is 1. The Bertz CT molecular complexity index is 549. The predicted molar refractivity (Wildman–Crippen MR) is 78.0 cm³/mol. The average Bonchev–Trinajstić information content (AvgIpc) is 2.47. The topological polar surface area (TPSA) is 57.7 Å². The van der Waals surface area contributed by atoms with Crippen molar-refractivity contribution in [3.63, 3.8) is 0 Å². The van der Waals surface area contributed by atoms with Crippen LogP contribution in [0, 0.1) is 0 Å². The highest BCUT2D eigenvalue weighted by atomic mass is 32.2. The van der Waals surface area contributed by atoms with E-state index in [2.05, 4.69) is 0 Å². The maximum atomic E-state index is 12.2. The van der Waals surface area contributed by atoms with Gasteiger partial charge >= 0.3 is 0 Å². The van der Waals surface area contributed by atoms with Gasteiger partial charge in [-0.15, -0.1) is 0 Å². The van der Waals surface area contributed by atoms with Crippen LogP contribution in [0.4, 0.5) is 0 Å². The van der Waals surface area contributed by atoms with E-state index in [1.807, 2.05) is 25.1 Å². The third-order valence-electron chi connectivity index (χ3n) is 3.40. The Morgan fingerprint density at radius 1 is 1.10 bits per heavy atom. The average molecular weight is 296 g/mol. The SMILES string of the molecule is CCCS(=O)(=O)N1CCN(C(=O)c2ccccc2)CC1. The largest absolute Gasteiger partial charge is 0.336 e. The summed E-state index contributed by atoms with van der Waals surface area (Å²) in [5, 5.41) is 0. The summed E-state index contributed by atoms with van der Waals surface area (Å²) in [6.07, 6.45) is 0.617. The van der Waals surface area contributed by atoms with Crippen molar-refractivity contribution < 1.29 is 13.2 Å². The number of carbonyl (C=O) groups is 1. The molecular formula is C14H20N2O3S. The molecule has 110 valence electrons. The Balaban J connectivity index is 1.97. The van der Waals surface area contributed by atoms with E-state index in [4.69, 9.17) is 0 Å². The minimum absolute atomic E-state index is 0.0295. The fourth-order valence-electron chi connectivity index (χ4n) is 2.32. The number of carbonyl (C=O) groups excluding carboxylic acids is 1. The monoisotopic (exact) mass is 296 g/mol. The van der Waals surface area contributed by atoms with Gasteiger partial charge < -0.3 is 4.90 Å². The summed E-state index contributed by atoms with van der Waals surface area (Å²) in [5.41, 5.74) is 0.650.